The number of ether oxygens (including phenoxy) is 1. The van der Waals surface area contributed by atoms with Gasteiger partial charge in [-0.25, -0.2) is 13.4 Å². The third-order valence-corrected chi connectivity index (χ3v) is 9.47. The van der Waals surface area contributed by atoms with Crippen LogP contribution < -0.4 is 10.1 Å². The summed E-state index contributed by atoms with van der Waals surface area (Å²) in [5.41, 5.74) is 4.74. The van der Waals surface area contributed by atoms with E-state index in [0.717, 1.165) is 24.1 Å². The fourth-order valence-corrected chi connectivity index (χ4v) is 7.08. The van der Waals surface area contributed by atoms with Crippen LogP contribution in [0.2, 0.25) is 0 Å². The molecule has 2 aromatic carbocycles. The molecule has 0 bridgehead atoms. The first-order valence-corrected chi connectivity index (χ1v) is 14.3. The molecule has 1 aromatic heterocycles. The summed E-state index contributed by atoms with van der Waals surface area (Å²) < 4.78 is 32.8. The topological polar surface area (TPSA) is 88.6 Å². The summed E-state index contributed by atoms with van der Waals surface area (Å²) in [5, 5.41) is 5.42. The Morgan fingerprint density at radius 2 is 1.86 bits per heavy atom. The number of carbonyl (C=O) groups excluding carboxylic acids is 1. The van der Waals surface area contributed by atoms with Crippen LogP contribution in [0.1, 0.15) is 36.8 Å². The van der Waals surface area contributed by atoms with Gasteiger partial charge in [-0.1, -0.05) is 12.1 Å². The van der Waals surface area contributed by atoms with Crippen LogP contribution in [-0.4, -0.2) is 43.8 Å². The molecular formula is C26H29N3O4S2. The standard InChI is InChI=1S/C26H29N3O4S2/c1-33-22-10-12-23(13-11-22)35(31,32)29-14-4-7-21(16-29)25(30)28-26-27-24(17-34-26)20-9-8-18-5-2-3-6-19(18)15-20/h8-13,15,17,21H,2-7,14,16H2,1H3,(H,27,28,30). The van der Waals surface area contributed by atoms with E-state index in [9.17, 15) is 13.2 Å². The van der Waals surface area contributed by atoms with Crippen molar-refractivity contribution in [2.24, 2.45) is 5.92 Å². The number of methoxy groups -OCH3 is 1. The molecule has 1 fully saturated rings. The van der Waals surface area contributed by atoms with Gasteiger partial charge in [0, 0.05) is 24.0 Å². The van der Waals surface area contributed by atoms with E-state index in [4.69, 9.17) is 4.74 Å². The number of nitrogens with one attached hydrogen (secondary N) is 1. The van der Waals surface area contributed by atoms with E-state index in [1.54, 1.807) is 12.1 Å². The number of hydrogen-bond donors (Lipinski definition) is 1. The number of nitrogens with zero attached hydrogens (tertiary/aromatic N) is 2. The molecular weight excluding hydrogens is 482 g/mol. The number of aryl methyl sites for hydroxylation is 2. The van der Waals surface area contributed by atoms with Crippen molar-refractivity contribution in [1.29, 1.82) is 0 Å². The summed E-state index contributed by atoms with van der Waals surface area (Å²) in [4.78, 5) is 17.9. The summed E-state index contributed by atoms with van der Waals surface area (Å²) in [6.45, 7) is 0.557. The third-order valence-electron chi connectivity index (χ3n) is 6.83. The van der Waals surface area contributed by atoms with Crippen molar-refractivity contribution in [1.82, 2.24) is 9.29 Å². The second-order valence-electron chi connectivity index (χ2n) is 9.10. The number of anilines is 1. The predicted molar refractivity (Wildman–Crippen MR) is 137 cm³/mol. The van der Waals surface area contributed by atoms with Crippen LogP contribution in [0.5, 0.6) is 5.75 Å². The van der Waals surface area contributed by atoms with Gasteiger partial charge in [0.15, 0.2) is 5.13 Å². The molecule has 184 valence electrons. The zero-order valence-electron chi connectivity index (χ0n) is 19.7. The number of carbonyl (C=O) groups is 1. The predicted octanol–water partition coefficient (Wildman–Crippen LogP) is 4.74. The summed E-state index contributed by atoms with van der Waals surface area (Å²) >= 11 is 1.39. The van der Waals surface area contributed by atoms with Crippen molar-refractivity contribution in [2.45, 2.75) is 43.4 Å². The molecule has 1 aliphatic heterocycles. The van der Waals surface area contributed by atoms with Gasteiger partial charge in [0.05, 0.1) is 23.6 Å². The maximum absolute atomic E-state index is 13.1. The van der Waals surface area contributed by atoms with E-state index in [1.807, 2.05) is 5.38 Å². The minimum absolute atomic E-state index is 0.156. The molecule has 5 rings (SSSR count). The smallest absolute Gasteiger partial charge is 0.243 e. The molecule has 0 saturated carbocycles. The molecule has 7 nitrogen and oxygen atoms in total. The third kappa shape index (κ3) is 5.12. The number of fused-ring (bicyclic) bond motifs is 1. The molecule has 3 aromatic rings. The molecule has 2 heterocycles. The highest BCUT2D eigenvalue weighted by molar-refractivity contribution is 7.89. The number of benzene rings is 2. The minimum Gasteiger partial charge on any atom is -0.497 e. The molecule has 35 heavy (non-hydrogen) atoms. The fraction of sp³-hybridized carbons (Fsp3) is 0.385. The highest BCUT2D eigenvalue weighted by Gasteiger charge is 2.33. The van der Waals surface area contributed by atoms with Gasteiger partial charge < -0.3 is 10.1 Å². The lowest BCUT2D eigenvalue weighted by Gasteiger charge is -2.31. The van der Waals surface area contributed by atoms with Gasteiger partial charge in [-0.05, 0) is 80.0 Å². The van der Waals surface area contributed by atoms with E-state index >= 15 is 0 Å². The monoisotopic (exact) mass is 511 g/mol. The molecule has 1 aliphatic carbocycles. The highest BCUT2D eigenvalue weighted by Crippen LogP contribution is 2.31. The number of sulfonamides is 1. The Bertz CT molecular complexity index is 1320. The maximum atomic E-state index is 13.1. The lowest BCUT2D eigenvalue weighted by atomic mass is 9.90. The Morgan fingerprint density at radius 3 is 2.63 bits per heavy atom. The van der Waals surface area contributed by atoms with Gasteiger partial charge in [0.25, 0.3) is 0 Å². The van der Waals surface area contributed by atoms with Gasteiger partial charge in [-0.2, -0.15) is 4.31 Å². The van der Waals surface area contributed by atoms with Crippen molar-refractivity contribution in [3.63, 3.8) is 0 Å². The zero-order valence-corrected chi connectivity index (χ0v) is 21.3. The van der Waals surface area contributed by atoms with Crippen LogP contribution >= 0.6 is 11.3 Å². The minimum atomic E-state index is -3.68. The highest BCUT2D eigenvalue weighted by atomic mass is 32.2. The number of aromatic nitrogens is 1. The summed E-state index contributed by atoms with van der Waals surface area (Å²) in [7, 11) is -2.14. The normalized spacial score (nSPS) is 18.6. The second-order valence-corrected chi connectivity index (χ2v) is 11.9. The van der Waals surface area contributed by atoms with E-state index in [1.165, 1.54) is 58.9 Å². The van der Waals surface area contributed by atoms with Gasteiger partial charge in [0.1, 0.15) is 5.75 Å². The zero-order chi connectivity index (χ0) is 24.4. The van der Waals surface area contributed by atoms with Crippen LogP contribution in [0.25, 0.3) is 11.3 Å². The van der Waals surface area contributed by atoms with Crippen LogP contribution in [0, 0.1) is 5.92 Å². The Kier molecular flexibility index (Phi) is 6.91. The molecule has 1 saturated heterocycles. The summed E-state index contributed by atoms with van der Waals surface area (Å²) in [6.07, 6.45) is 5.99. The SMILES string of the molecule is COc1ccc(S(=O)(=O)N2CCCC(C(=O)Nc3nc(-c4ccc5c(c4)CCCC5)cs3)C2)cc1. The summed E-state index contributed by atoms with van der Waals surface area (Å²) in [6, 6.07) is 12.9. The average molecular weight is 512 g/mol. The Balaban J connectivity index is 1.25. The fourth-order valence-electron chi connectivity index (χ4n) is 4.84. The molecule has 2 aliphatic rings. The van der Waals surface area contributed by atoms with E-state index in [2.05, 4.69) is 28.5 Å². The first-order valence-electron chi connectivity index (χ1n) is 12.0. The molecule has 1 unspecified atom stereocenters. The lowest BCUT2D eigenvalue weighted by Crippen LogP contribution is -2.43. The number of piperidine rings is 1. The Morgan fingerprint density at radius 1 is 1.09 bits per heavy atom. The number of rotatable bonds is 6. The van der Waals surface area contributed by atoms with Crippen molar-refractivity contribution in [3.05, 3.63) is 59.0 Å². The van der Waals surface area contributed by atoms with Crippen LogP contribution in [0.3, 0.4) is 0 Å². The Labute approximate surface area is 210 Å². The van der Waals surface area contributed by atoms with Crippen molar-refractivity contribution in [3.8, 4) is 17.0 Å². The van der Waals surface area contributed by atoms with Crippen LogP contribution in [0.4, 0.5) is 5.13 Å². The van der Waals surface area contributed by atoms with Crippen molar-refractivity contribution < 1.29 is 17.9 Å². The molecule has 1 amide bonds. The van der Waals surface area contributed by atoms with Gasteiger partial charge >= 0.3 is 0 Å². The molecule has 0 spiro atoms. The molecule has 1 N–H and O–H groups in total. The maximum Gasteiger partial charge on any atom is 0.243 e. The second kappa shape index (κ2) is 10.1. The van der Waals surface area contributed by atoms with Gasteiger partial charge in [-0.15, -0.1) is 11.3 Å². The van der Waals surface area contributed by atoms with Crippen molar-refractivity contribution >= 4 is 32.4 Å². The number of amides is 1. The van der Waals surface area contributed by atoms with Gasteiger partial charge in [0.2, 0.25) is 15.9 Å². The van der Waals surface area contributed by atoms with Gasteiger partial charge in [-0.3, -0.25) is 4.79 Å². The van der Waals surface area contributed by atoms with Crippen molar-refractivity contribution in [2.75, 3.05) is 25.5 Å². The molecule has 1 atom stereocenters. The average Bonchev–Trinajstić information content (AvgIpc) is 3.37. The first-order chi connectivity index (χ1) is 16.9. The largest absolute Gasteiger partial charge is 0.497 e. The first kappa shape index (κ1) is 24.0. The lowest BCUT2D eigenvalue weighted by molar-refractivity contribution is -0.120. The van der Waals surface area contributed by atoms with E-state index < -0.39 is 15.9 Å². The number of hydrogen-bond acceptors (Lipinski definition) is 6. The number of thiazole rings is 1. The molecule has 0 radical (unpaired) electrons. The Hall–Kier alpha value is -2.75. The van der Waals surface area contributed by atoms with Crippen LogP contribution in [-0.2, 0) is 27.7 Å². The quantitative estimate of drug-likeness (QED) is 0.517. The van der Waals surface area contributed by atoms with Crippen LogP contribution in [0.15, 0.2) is 52.7 Å². The van der Waals surface area contributed by atoms with E-state index in [-0.39, 0.29) is 17.3 Å². The summed E-state index contributed by atoms with van der Waals surface area (Å²) in [5.74, 6) is -0.0168. The molecule has 9 heteroatoms. The van der Waals surface area contributed by atoms with E-state index in [0.29, 0.717) is 30.3 Å².